The summed E-state index contributed by atoms with van der Waals surface area (Å²) in [5.74, 6) is -0.341. The van der Waals surface area contributed by atoms with E-state index >= 15 is 0 Å². The summed E-state index contributed by atoms with van der Waals surface area (Å²) in [7, 11) is 1.90. The van der Waals surface area contributed by atoms with Gasteiger partial charge in [-0.05, 0) is 45.2 Å². The highest BCUT2D eigenvalue weighted by Gasteiger charge is 2.43. The van der Waals surface area contributed by atoms with Crippen LogP contribution < -0.4 is 10.6 Å². The third-order valence-electron chi connectivity index (χ3n) is 3.59. The maximum absolute atomic E-state index is 13.0. The molecule has 19 heavy (non-hydrogen) atoms. The average Bonchev–Trinajstić information content (AvgIpc) is 2.30. The number of halogens is 1. The van der Waals surface area contributed by atoms with Crippen molar-refractivity contribution in [3.63, 3.8) is 0 Å². The minimum absolute atomic E-state index is 0.0344. The molecule has 1 aromatic rings. The Hall–Kier alpha value is -1.46. The second-order valence-corrected chi connectivity index (χ2v) is 5.63. The zero-order valence-corrected chi connectivity index (χ0v) is 11.6. The van der Waals surface area contributed by atoms with E-state index in [0.29, 0.717) is 5.69 Å². The van der Waals surface area contributed by atoms with Gasteiger partial charge in [-0.2, -0.15) is 0 Å². The first-order chi connectivity index (χ1) is 8.86. The average molecular weight is 265 g/mol. The van der Waals surface area contributed by atoms with Crippen molar-refractivity contribution < 1.29 is 9.18 Å². The van der Waals surface area contributed by atoms with Crippen LogP contribution in [0.5, 0.6) is 0 Å². The zero-order valence-electron chi connectivity index (χ0n) is 11.6. The van der Waals surface area contributed by atoms with Crippen molar-refractivity contribution in [2.75, 3.05) is 25.0 Å². The smallest absolute Gasteiger partial charge is 0.246 e. The normalized spacial score (nSPS) is 23.7. The van der Waals surface area contributed by atoms with E-state index in [-0.39, 0.29) is 29.8 Å². The van der Waals surface area contributed by atoms with Crippen LogP contribution in [0.1, 0.15) is 13.8 Å². The van der Waals surface area contributed by atoms with Gasteiger partial charge in [-0.15, -0.1) is 0 Å². The first-order valence-corrected chi connectivity index (χ1v) is 6.37. The van der Waals surface area contributed by atoms with Crippen LogP contribution in [0.4, 0.5) is 10.1 Å². The van der Waals surface area contributed by atoms with Gasteiger partial charge in [0.25, 0.3) is 0 Å². The summed E-state index contributed by atoms with van der Waals surface area (Å²) in [6.07, 6.45) is 0. The Balaban J connectivity index is 2.40. The van der Waals surface area contributed by atoms with E-state index in [2.05, 4.69) is 0 Å². The summed E-state index contributed by atoms with van der Waals surface area (Å²) in [4.78, 5) is 16.3. The zero-order chi connectivity index (χ0) is 14.2. The van der Waals surface area contributed by atoms with E-state index in [0.717, 1.165) is 6.54 Å². The summed E-state index contributed by atoms with van der Waals surface area (Å²) < 4.78 is 13.0. The summed E-state index contributed by atoms with van der Waals surface area (Å²) in [5, 5.41) is 0. The number of hydrogen-bond acceptors (Lipinski definition) is 3. The maximum atomic E-state index is 13.0. The van der Waals surface area contributed by atoms with Crippen molar-refractivity contribution >= 4 is 11.6 Å². The molecule has 2 N–H and O–H groups in total. The van der Waals surface area contributed by atoms with E-state index in [1.807, 2.05) is 25.8 Å². The molecular weight excluding hydrogens is 245 g/mol. The Kier molecular flexibility index (Phi) is 3.60. The van der Waals surface area contributed by atoms with Crippen LogP contribution in [0, 0.1) is 5.82 Å². The first kappa shape index (κ1) is 14.0. The summed E-state index contributed by atoms with van der Waals surface area (Å²) in [6.45, 7) is 5.00. The van der Waals surface area contributed by atoms with Gasteiger partial charge in [-0.1, -0.05) is 0 Å². The molecule has 1 heterocycles. The Morgan fingerprint density at radius 3 is 2.47 bits per heavy atom. The molecule has 0 radical (unpaired) electrons. The fourth-order valence-corrected chi connectivity index (χ4v) is 2.77. The molecule has 1 saturated heterocycles. The lowest BCUT2D eigenvalue weighted by Crippen LogP contribution is -2.67. The van der Waals surface area contributed by atoms with Crippen molar-refractivity contribution in [3.8, 4) is 0 Å². The molecule has 1 unspecified atom stereocenters. The van der Waals surface area contributed by atoms with E-state index in [1.165, 1.54) is 12.1 Å². The second-order valence-electron chi connectivity index (χ2n) is 5.63. The number of piperazine rings is 1. The van der Waals surface area contributed by atoms with Gasteiger partial charge in [0.05, 0.1) is 5.54 Å². The number of carbonyl (C=O) groups excluding carboxylic acids is 1. The first-order valence-electron chi connectivity index (χ1n) is 6.37. The Bertz CT molecular complexity index is 472. The molecule has 2 rings (SSSR count). The van der Waals surface area contributed by atoms with Crippen molar-refractivity contribution in [1.82, 2.24) is 4.90 Å². The number of anilines is 1. The van der Waals surface area contributed by atoms with Gasteiger partial charge in [-0.3, -0.25) is 9.69 Å². The molecule has 1 aliphatic heterocycles. The number of likely N-dealkylation sites (N-methyl/N-ethyl adjacent to an activating group) is 1. The van der Waals surface area contributed by atoms with E-state index in [1.54, 1.807) is 17.0 Å². The lowest BCUT2D eigenvalue weighted by atomic mass is 9.94. The number of benzene rings is 1. The third kappa shape index (κ3) is 2.48. The highest BCUT2D eigenvalue weighted by atomic mass is 19.1. The largest absolute Gasteiger partial charge is 0.328 e. The summed E-state index contributed by atoms with van der Waals surface area (Å²) >= 11 is 0. The molecule has 1 amide bonds. The minimum atomic E-state index is -0.352. The molecular formula is C14H20FN3O. The molecule has 0 spiro atoms. The molecule has 0 saturated carbocycles. The molecule has 0 aromatic heterocycles. The predicted octanol–water partition coefficient (Wildman–Crippen LogP) is 1.21. The van der Waals surface area contributed by atoms with Gasteiger partial charge in [0.1, 0.15) is 11.9 Å². The second kappa shape index (κ2) is 4.90. The van der Waals surface area contributed by atoms with Gasteiger partial charge < -0.3 is 10.6 Å². The van der Waals surface area contributed by atoms with Crippen molar-refractivity contribution in [2.24, 2.45) is 5.73 Å². The van der Waals surface area contributed by atoms with Crippen molar-refractivity contribution in [2.45, 2.75) is 25.4 Å². The number of nitrogens with two attached hydrogens (primary N) is 1. The SMILES string of the molecule is CN1CC(C)(C)N(c2ccc(F)cc2)C(=O)C1CN. The molecule has 1 fully saturated rings. The standard InChI is InChI=1S/C14H20FN3O/c1-14(2)9-17(3)12(8-16)13(19)18(14)11-6-4-10(15)5-7-11/h4-7,12H,8-9,16H2,1-3H3. The van der Waals surface area contributed by atoms with E-state index in [4.69, 9.17) is 5.73 Å². The van der Waals surface area contributed by atoms with Crippen LogP contribution >= 0.6 is 0 Å². The van der Waals surface area contributed by atoms with Crippen molar-refractivity contribution in [1.29, 1.82) is 0 Å². The molecule has 0 aliphatic carbocycles. The van der Waals surface area contributed by atoms with Crippen LogP contribution in [0.25, 0.3) is 0 Å². The minimum Gasteiger partial charge on any atom is -0.328 e. The fourth-order valence-electron chi connectivity index (χ4n) is 2.77. The van der Waals surface area contributed by atoms with Gasteiger partial charge in [0.15, 0.2) is 0 Å². The molecule has 0 bridgehead atoms. The van der Waals surface area contributed by atoms with Crippen LogP contribution in [-0.4, -0.2) is 42.5 Å². The Labute approximate surface area is 113 Å². The van der Waals surface area contributed by atoms with Gasteiger partial charge in [0.2, 0.25) is 5.91 Å². The van der Waals surface area contributed by atoms with Crippen molar-refractivity contribution in [3.05, 3.63) is 30.1 Å². The lowest BCUT2D eigenvalue weighted by molar-refractivity contribution is -0.127. The molecule has 5 heteroatoms. The highest BCUT2D eigenvalue weighted by molar-refractivity contribution is 5.99. The molecule has 4 nitrogen and oxygen atoms in total. The number of hydrogen-bond donors (Lipinski definition) is 1. The molecule has 1 atom stereocenters. The molecule has 1 aromatic carbocycles. The van der Waals surface area contributed by atoms with Crippen LogP contribution in [-0.2, 0) is 4.79 Å². The summed E-state index contributed by atoms with van der Waals surface area (Å²) in [5.41, 5.74) is 6.05. The lowest BCUT2D eigenvalue weighted by Gasteiger charge is -2.49. The number of amides is 1. The number of nitrogens with zero attached hydrogens (tertiary/aromatic N) is 2. The number of rotatable bonds is 2. The summed E-state index contributed by atoms with van der Waals surface area (Å²) in [6, 6.07) is 5.68. The highest BCUT2D eigenvalue weighted by Crippen LogP contribution is 2.30. The quantitative estimate of drug-likeness (QED) is 0.874. The van der Waals surface area contributed by atoms with Crippen LogP contribution in [0.15, 0.2) is 24.3 Å². The van der Waals surface area contributed by atoms with Gasteiger partial charge >= 0.3 is 0 Å². The molecule has 104 valence electrons. The third-order valence-corrected chi connectivity index (χ3v) is 3.59. The van der Waals surface area contributed by atoms with Gasteiger partial charge in [-0.25, -0.2) is 4.39 Å². The van der Waals surface area contributed by atoms with Crippen LogP contribution in [0.2, 0.25) is 0 Å². The maximum Gasteiger partial charge on any atom is 0.246 e. The van der Waals surface area contributed by atoms with Gasteiger partial charge in [0, 0.05) is 18.8 Å². The Morgan fingerprint density at radius 1 is 1.37 bits per heavy atom. The van der Waals surface area contributed by atoms with Crippen LogP contribution in [0.3, 0.4) is 0 Å². The number of carbonyl (C=O) groups is 1. The van der Waals surface area contributed by atoms with E-state index in [9.17, 15) is 9.18 Å². The fraction of sp³-hybridized carbons (Fsp3) is 0.500. The monoisotopic (exact) mass is 265 g/mol. The topological polar surface area (TPSA) is 49.6 Å². The Morgan fingerprint density at radius 2 is 1.95 bits per heavy atom. The van der Waals surface area contributed by atoms with E-state index < -0.39 is 0 Å². The molecule has 1 aliphatic rings. The predicted molar refractivity (Wildman–Crippen MR) is 73.4 cm³/mol.